The first-order valence-corrected chi connectivity index (χ1v) is 7.56. The second-order valence-electron chi connectivity index (χ2n) is 6.13. The molecule has 3 fully saturated rings. The van der Waals surface area contributed by atoms with Crippen molar-refractivity contribution in [2.45, 2.75) is 57.2 Å². The van der Waals surface area contributed by atoms with Gasteiger partial charge in [-0.3, -0.25) is 9.80 Å². The van der Waals surface area contributed by atoms with Crippen molar-refractivity contribution in [2.24, 2.45) is 0 Å². The van der Waals surface area contributed by atoms with E-state index in [4.69, 9.17) is 0 Å². The molecular formula is C14H27N3. The topological polar surface area (TPSA) is 18.5 Å². The fourth-order valence-electron chi connectivity index (χ4n) is 4.02. The number of hydrogen-bond donors (Lipinski definition) is 1. The molecule has 3 atom stereocenters. The molecule has 3 heteroatoms. The highest BCUT2D eigenvalue weighted by molar-refractivity contribution is 4.97. The maximum Gasteiger partial charge on any atom is 0.0263 e. The van der Waals surface area contributed by atoms with Gasteiger partial charge in [0, 0.05) is 24.7 Å². The molecule has 0 aromatic rings. The molecule has 0 aromatic carbocycles. The van der Waals surface area contributed by atoms with Crippen LogP contribution >= 0.6 is 0 Å². The second kappa shape index (κ2) is 5.25. The highest BCUT2D eigenvalue weighted by atomic mass is 15.3. The van der Waals surface area contributed by atoms with Crippen molar-refractivity contribution in [1.29, 1.82) is 0 Å². The van der Waals surface area contributed by atoms with Gasteiger partial charge in [0.1, 0.15) is 0 Å². The van der Waals surface area contributed by atoms with Gasteiger partial charge >= 0.3 is 0 Å². The van der Waals surface area contributed by atoms with Crippen molar-refractivity contribution >= 4 is 0 Å². The third-order valence-electron chi connectivity index (χ3n) is 5.00. The van der Waals surface area contributed by atoms with Crippen LogP contribution in [0.25, 0.3) is 0 Å². The Labute approximate surface area is 106 Å². The van der Waals surface area contributed by atoms with Crippen molar-refractivity contribution in [3.63, 3.8) is 0 Å². The molecule has 1 N–H and O–H groups in total. The summed E-state index contributed by atoms with van der Waals surface area (Å²) in [4.78, 5) is 5.55. The highest BCUT2D eigenvalue weighted by Gasteiger charge is 2.39. The zero-order chi connectivity index (χ0) is 11.7. The maximum atomic E-state index is 3.60. The lowest BCUT2D eigenvalue weighted by atomic mass is 10.0. The molecule has 0 aliphatic carbocycles. The van der Waals surface area contributed by atoms with E-state index in [9.17, 15) is 0 Å². The summed E-state index contributed by atoms with van der Waals surface area (Å²) in [6.07, 6.45) is 6.96. The normalized spacial score (nSPS) is 41.1. The summed E-state index contributed by atoms with van der Waals surface area (Å²) >= 11 is 0. The Balaban J connectivity index is 1.62. The fourth-order valence-corrected chi connectivity index (χ4v) is 4.02. The quantitative estimate of drug-likeness (QED) is 0.741. The summed E-state index contributed by atoms with van der Waals surface area (Å²) in [5.41, 5.74) is 0. The molecule has 0 radical (unpaired) electrons. The lowest BCUT2D eigenvalue weighted by Crippen LogP contribution is -2.47. The minimum absolute atomic E-state index is 0.707. The predicted molar refractivity (Wildman–Crippen MR) is 71.3 cm³/mol. The van der Waals surface area contributed by atoms with Gasteiger partial charge in [0.05, 0.1) is 0 Å². The molecule has 0 saturated carbocycles. The molecule has 0 spiro atoms. The van der Waals surface area contributed by atoms with E-state index in [0.29, 0.717) is 6.04 Å². The van der Waals surface area contributed by atoms with Gasteiger partial charge in [0.2, 0.25) is 0 Å². The maximum absolute atomic E-state index is 3.60. The van der Waals surface area contributed by atoms with Crippen molar-refractivity contribution in [2.75, 3.05) is 32.7 Å². The summed E-state index contributed by atoms with van der Waals surface area (Å²) in [5, 5.41) is 3.60. The van der Waals surface area contributed by atoms with Crippen molar-refractivity contribution in [1.82, 2.24) is 15.1 Å². The van der Waals surface area contributed by atoms with Crippen LogP contribution in [-0.2, 0) is 0 Å². The van der Waals surface area contributed by atoms with Crippen LogP contribution in [0.1, 0.15) is 39.0 Å². The number of hydrogen-bond acceptors (Lipinski definition) is 3. The Hall–Kier alpha value is -0.120. The first kappa shape index (κ1) is 11.9. The third-order valence-corrected chi connectivity index (χ3v) is 5.00. The molecule has 3 aliphatic heterocycles. The van der Waals surface area contributed by atoms with Gasteiger partial charge in [-0.25, -0.2) is 0 Å². The number of rotatable bonds is 1. The number of fused-ring (bicyclic) bond motifs is 1. The molecule has 3 saturated heterocycles. The molecule has 3 aliphatic rings. The summed E-state index contributed by atoms with van der Waals surface area (Å²) in [5.74, 6) is 0. The van der Waals surface area contributed by atoms with Crippen LogP contribution in [0.5, 0.6) is 0 Å². The van der Waals surface area contributed by atoms with E-state index in [-0.39, 0.29) is 0 Å². The highest BCUT2D eigenvalue weighted by Crippen LogP contribution is 2.31. The van der Waals surface area contributed by atoms with E-state index >= 15 is 0 Å². The van der Waals surface area contributed by atoms with Gasteiger partial charge in [0.15, 0.2) is 0 Å². The first-order chi connectivity index (χ1) is 8.34. The van der Waals surface area contributed by atoms with Gasteiger partial charge < -0.3 is 5.32 Å². The third kappa shape index (κ3) is 2.51. The minimum Gasteiger partial charge on any atom is -0.314 e. The Morgan fingerprint density at radius 1 is 0.824 bits per heavy atom. The smallest absolute Gasteiger partial charge is 0.0263 e. The lowest BCUT2D eigenvalue weighted by Gasteiger charge is -2.35. The van der Waals surface area contributed by atoms with Crippen LogP contribution in [0.2, 0.25) is 0 Å². The SMILES string of the molecule is CC1CCN(C2CCN3CCCC23)CCCN1. The monoisotopic (exact) mass is 237 g/mol. The average Bonchev–Trinajstić information content (AvgIpc) is 2.87. The van der Waals surface area contributed by atoms with Gasteiger partial charge in [-0.1, -0.05) is 0 Å². The Kier molecular flexibility index (Phi) is 3.69. The van der Waals surface area contributed by atoms with Crippen LogP contribution in [-0.4, -0.2) is 60.6 Å². The lowest BCUT2D eigenvalue weighted by molar-refractivity contribution is 0.143. The molecule has 0 bridgehead atoms. The van der Waals surface area contributed by atoms with E-state index in [2.05, 4.69) is 22.0 Å². The van der Waals surface area contributed by atoms with Crippen molar-refractivity contribution in [3.8, 4) is 0 Å². The zero-order valence-corrected chi connectivity index (χ0v) is 11.2. The van der Waals surface area contributed by atoms with Crippen LogP contribution in [0.15, 0.2) is 0 Å². The van der Waals surface area contributed by atoms with Crippen LogP contribution in [0.4, 0.5) is 0 Å². The molecule has 3 rings (SSSR count). The standard InChI is InChI=1S/C14H27N3/c1-12-5-10-17(9-3-7-15-12)14-6-11-16-8-2-4-13(14)16/h12-15H,2-11H2,1H3. The Morgan fingerprint density at radius 3 is 2.41 bits per heavy atom. The Morgan fingerprint density at radius 2 is 1.53 bits per heavy atom. The second-order valence-corrected chi connectivity index (χ2v) is 6.13. The van der Waals surface area contributed by atoms with E-state index < -0.39 is 0 Å². The molecule has 3 heterocycles. The van der Waals surface area contributed by atoms with Crippen molar-refractivity contribution < 1.29 is 0 Å². The van der Waals surface area contributed by atoms with Gasteiger partial charge in [0.25, 0.3) is 0 Å². The van der Waals surface area contributed by atoms with Gasteiger partial charge in [-0.15, -0.1) is 0 Å². The first-order valence-electron chi connectivity index (χ1n) is 7.56. The van der Waals surface area contributed by atoms with Crippen LogP contribution < -0.4 is 5.32 Å². The zero-order valence-electron chi connectivity index (χ0n) is 11.2. The molecule has 0 aromatic heterocycles. The molecular weight excluding hydrogens is 210 g/mol. The molecule has 0 amide bonds. The largest absolute Gasteiger partial charge is 0.314 e. The number of nitrogens with one attached hydrogen (secondary N) is 1. The summed E-state index contributed by atoms with van der Waals surface area (Å²) < 4.78 is 0. The van der Waals surface area contributed by atoms with Crippen LogP contribution in [0.3, 0.4) is 0 Å². The fraction of sp³-hybridized carbons (Fsp3) is 1.00. The van der Waals surface area contributed by atoms with Crippen molar-refractivity contribution in [3.05, 3.63) is 0 Å². The minimum atomic E-state index is 0.707. The Bertz CT molecular complexity index is 256. The molecule has 3 unspecified atom stereocenters. The van der Waals surface area contributed by atoms with Crippen LogP contribution in [0, 0.1) is 0 Å². The summed E-state index contributed by atoms with van der Waals surface area (Å²) in [6.45, 7) is 8.89. The molecule has 98 valence electrons. The number of nitrogens with zero attached hydrogens (tertiary/aromatic N) is 2. The van der Waals surface area contributed by atoms with Gasteiger partial charge in [-0.2, -0.15) is 0 Å². The average molecular weight is 237 g/mol. The van der Waals surface area contributed by atoms with E-state index in [1.165, 1.54) is 64.8 Å². The van der Waals surface area contributed by atoms with Gasteiger partial charge in [-0.05, 0) is 65.2 Å². The van der Waals surface area contributed by atoms with E-state index in [0.717, 1.165) is 12.1 Å². The van der Waals surface area contributed by atoms with E-state index in [1.54, 1.807) is 0 Å². The molecule has 3 nitrogen and oxygen atoms in total. The summed E-state index contributed by atoms with van der Waals surface area (Å²) in [6, 6.07) is 2.49. The summed E-state index contributed by atoms with van der Waals surface area (Å²) in [7, 11) is 0. The molecule has 17 heavy (non-hydrogen) atoms. The van der Waals surface area contributed by atoms with E-state index in [1.807, 2.05) is 0 Å². The predicted octanol–water partition coefficient (Wildman–Crippen LogP) is 1.30.